The molecular weight excluding hydrogens is 791 g/mol. The van der Waals surface area contributed by atoms with Crippen LogP contribution in [0, 0.1) is 0 Å². The zero-order valence-electron chi connectivity index (χ0n) is 35.7. The zero-order chi connectivity index (χ0) is 43.0. The lowest BCUT2D eigenvalue weighted by Crippen LogP contribution is -2.16. The van der Waals surface area contributed by atoms with Crippen molar-refractivity contribution in [3.05, 3.63) is 59.7 Å². The van der Waals surface area contributed by atoms with Crippen molar-refractivity contribution in [1.82, 2.24) is 0 Å². The molecule has 0 aliphatic rings. The van der Waals surface area contributed by atoms with Gasteiger partial charge in [-0.1, -0.05) is 70.1 Å². The van der Waals surface area contributed by atoms with E-state index in [0.29, 0.717) is 125 Å². The Hall–Kier alpha value is -2.90. The molecule has 0 spiro atoms. The van der Waals surface area contributed by atoms with E-state index in [1.807, 2.05) is 0 Å². The van der Waals surface area contributed by atoms with Gasteiger partial charge in [0.05, 0.1) is 142 Å². The number of benzene rings is 2. The molecule has 13 nitrogen and oxygen atoms in total. The van der Waals surface area contributed by atoms with Gasteiger partial charge in [0.2, 0.25) is 0 Å². The maximum atomic E-state index is 13.1. The summed E-state index contributed by atoms with van der Waals surface area (Å²) in [5.74, 6) is -0.627. The fourth-order valence-electron chi connectivity index (χ4n) is 5.39. The number of carbonyl (C=O) groups excluding carboxylic acids is 1. The van der Waals surface area contributed by atoms with Crippen molar-refractivity contribution in [2.24, 2.45) is 0 Å². The summed E-state index contributed by atoms with van der Waals surface area (Å²) in [6.45, 7) is 11.7. The number of para-hydroxylation sites is 1. The van der Waals surface area contributed by atoms with Crippen molar-refractivity contribution in [1.29, 1.82) is 0 Å². The van der Waals surface area contributed by atoms with Crippen molar-refractivity contribution in [3.8, 4) is 0 Å². The van der Waals surface area contributed by atoms with E-state index < -0.39 is 17.7 Å². The molecule has 0 atom stereocenters. The molecule has 0 aliphatic carbocycles. The predicted molar refractivity (Wildman–Crippen MR) is 222 cm³/mol. The number of carbonyl (C=O) groups is 1. The lowest BCUT2D eigenvalue weighted by molar-refractivity contribution is -0.137. The Kier molecular flexibility index (Phi) is 33.6. The normalized spacial score (nSPS) is 11.7. The highest BCUT2D eigenvalue weighted by Gasteiger charge is 2.30. The van der Waals surface area contributed by atoms with Gasteiger partial charge in [-0.05, 0) is 36.8 Å². The molecule has 0 saturated heterocycles. The highest BCUT2D eigenvalue weighted by molar-refractivity contribution is 5.96. The second-order valence-corrected chi connectivity index (χ2v) is 13.5. The van der Waals surface area contributed by atoms with Crippen LogP contribution in [0.3, 0.4) is 0 Å². The first kappa shape index (κ1) is 53.2. The molecule has 1 N–H and O–H groups in total. The van der Waals surface area contributed by atoms with E-state index in [2.05, 4.69) is 12.2 Å². The van der Waals surface area contributed by atoms with Gasteiger partial charge in [-0.15, -0.1) is 0 Å². The Balaban J connectivity index is 1.24. The molecular formula is C44H70F3NO12. The number of anilines is 2. The summed E-state index contributed by atoms with van der Waals surface area (Å²) >= 11 is 0. The minimum absolute atomic E-state index is 0.000731. The third kappa shape index (κ3) is 30.2. The molecule has 2 rings (SSSR count). The average molecular weight is 862 g/mol. The zero-order valence-corrected chi connectivity index (χ0v) is 35.7. The number of nitrogens with one attached hydrogen (secondary N) is 1. The Morgan fingerprint density at radius 1 is 0.467 bits per heavy atom. The summed E-state index contributed by atoms with van der Waals surface area (Å²) in [7, 11) is 0. The minimum atomic E-state index is -4.48. The van der Waals surface area contributed by atoms with Crippen LogP contribution < -0.4 is 5.32 Å². The number of ether oxygens (including phenoxy) is 11. The van der Waals surface area contributed by atoms with Crippen LogP contribution in [-0.4, -0.2) is 145 Å². The number of esters is 1. The van der Waals surface area contributed by atoms with Crippen LogP contribution in [0.2, 0.25) is 0 Å². The maximum Gasteiger partial charge on any atom is 0.416 e. The largest absolute Gasteiger partial charge is 0.460 e. The molecule has 0 unspecified atom stereocenters. The fourth-order valence-corrected chi connectivity index (χ4v) is 5.39. The first-order chi connectivity index (χ1) is 29.4. The first-order valence-corrected chi connectivity index (χ1v) is 21.4. The summed E-state index contributed by atoms with van der Waals surface area (Å²) in [5, 5.41) is 2.86. The van der Waals surface area contributed by atoms with Gasteiger partial charge in [0.15, 0.2) is 0 Å². The molecule has 2 aromatic carbocycles. The summed E-state index contributed by atoms with van der Waals surface area (Å²) in [6.07, 6.45) is 5.94. The van der Waals surface area contributed by atoms with Crippen LogP contribution >= 0.6 is 0 Å². The summed E-state index contributed by atoms with van der Waals surface area (Å²) in [4.78, 5) is 12.6. The average Bonchev–Trinajstić information content (AvgIpc) is 3.24. The predicted octanol–water partition coefficient (Wildman–Crippen LogP) is 7.91. The number of hydrogen-bond donors (Lipinski definition) is 1. The van der Waals surface area contributed by atoms with E-state index in [4.69, 9.17) is 52.1 Å². The van der Waals surface area contributed by atoms with Gasteiger partial charge in [-0.3, -0.25) is 0 Å². The van der Waals surface area contributed by atoms with Crippen LogP contribution in [0.1, 0.15) is 74.2 Å². The number of unbranched alkanes of at least 4 members (excludes halogenated alkanes) is 7. The van der Waals surface area contributed by atoms with Crippen LogP contribution in [0.5, 0.6) is 0 Å². The fraction of sp³-hybridized carbons (Fsp3) is 0.705. The molecule has 16 heteroatoms. The van der Waals surface area contributed by atoms with Crippen molar-refractivity contribution in [2.75, 3.05) is 144 Å². The van der Waals surface area contributed by atoms with Crippen LogP contribution in [0.15, 0.2) is 48.5 Å². The monoisotopic (exact) mass is 861 g/mol. The third-order valence-corrected chi connectivity index (χ3v) is 8.57. The SMILES string of the molecule is CCCCCCCCCCOCCOCCOCCOCCOCCOCCOCCOCCOCCOCCOC(=O)c1ccccc1Nc1cccc(C(F)(F)F)c1. The smallest absolute Gasteiger partial charge is 0.416 e. The molecule has 0 radical (unpaired) electrons. The molecule has 60 heavy (non-hydrogen) atoms. The van der Waals surface area contributed by atoms with E-state index in [9.17, 15) is 18.0 Å². The third-order valence-electron chi connectivity index (χ3n) is 8.57. The van der Waals surface area contributed by atoms with E-state index in [1.54, 1.807) is 18.2 Å². The molecule has 344 valence electrons. The minimum Gasteiger partial charge on any atom is -0.460 e. The molecule has 0 saturated carbocycles. The number of hydrogen-bond acceptors (Lipinski definition) is 13. The van der Waals surface area contributed by atoms with Crippen LogP contribution in [-0.2, 0) is 58.3 Å². The molecule has 0 amide bonds. The quantitative estimate of drug-likeness (QED) is 0.0513. The van der Waals surface area contributed by atoms with Crippen molar-refractivity contribution in [2.45, 2.75) is 64.5 Å². The molecule has 0 aliphatic heterocycles. The lowest BCUT2D eigenvalue weighted by Gasteiger charge is -2.13. The molecule has 0 heterocycles. The van der Waals surface area contributed by atoms with Gasteiger partial charge in [0.1, 0.15) is 6.61 Å². The van der Waals surface area contributed by atoms with E-state index in [-0.39, 0.29) is 24.5 Å². The Morgan fingerprint density at radius 3 is 1.28 bits per heavy atom. The second-order valence-electron chi connectivity index (χ2n) is 13.5. The van der Waals surface area contributed by atoms with Gasteiger partial charge >= 0.3 is 12.1 Å². The van der Waals surface area contributed by atoms with Crippen molar-refractivity contribution in [3.63, 3.8) is 0 Å². The van der Waals surface area contributed by atoms with Crippen LogP contribution in [0.4, 0.5) is 24.5 Å². The Labute approximate surface area is 355 Å². The van der Waals surface area contributed by atoms with Crippen LogP contribution in [0.25, 0.3) is 0 Å². The molecule has 0 bridgehead atoms. The topological polar surface area (TPSA) is 131 Å². The van der Waals surface area contributed by atoms with E-state index in [1.165, 1.54) is 63.1 Å². The highest BCUT2D eigenvalue weighted by atomic mass is 19.4. The lowest BCUT2D eigenvalue weighted by atomic mass is 10.1. The van der Waals surface area contributed by atoms with Gasteiger partial charge in [0, 0.05) is 12.3 Å². The van der Waals surface area contributed by atoms with Crippen molar-refractivity contribution >= 4 is 17.3 Å². The number of alkyl halides is 3. The van der Waals surface area contributed by atoms with E-state index >= 15 is 0 Å². The summed E-state index contributed by atoms with van der Waals surface area (Å²) in [6, 6.07) is 11.2. The first-order valence-electron chi connectivity index (χ1n) is 21.4. The molecule has 0 fully saturated rings. The maximum absolute atomic E-state index is 13.1. The van der Waals surface area contributed by atoms with Gasteiger partial charge in [0.25, 0.3) is 0 Å². The summed E-state index contributed by atoms with van der Waals surface area (Å²) < 4.78 is 99.5. The Bertz CT molecular complexity index is 1290. The summed E-state index contributed by atoms with van der Waals surface area (Å²) in [5.41, 5.74) is -0.0854. The Morgan fingerprint density at radius 2 is 0.850 bits per heavy atom. The van der Waals surface area contributed by atoms with Crippen molar-refractivity contribution < 1.29 is 70.1 Å². The van der Waals surface area contributed by atoms with Gasteiger partial charge in [-0.2, -0.15) is 13.2 Å². The van der Waals surface area contributed by atoms with Gasteiger partial charge < -0.3 is 57.4 Å². The molecule has 2 aromatic rings. The van der Waals surface area contributed by atoms with E-state index in [0.717, 1.165) is 25.2 Å². The highest BCUT2D eigenvalue weighted by Crippen LogP contribution is 2.32. The number of halogens is 3. The molecule has 0 aromatic heterocycles. The second kappa shape index (κ2) is 37.8. The standard InChI is InChI=1S/C44H70F3NO12/c1-2-3-4-5-6-7-8-11-17-50-18-19-51-20-21-52-22-23-53-24-25-54-26-27-55-28-29-56-30-31-57-32-33-58-34-35-59-36-37-60-43(49)41-15-9-10-16-42(41)48-40-14-12-13-39(38-40)44(45,46)47/h9-10,12-16,38,48H,2-8,11,17-37H2,1H3. The number of rotatable bonds is 42. The van der Waals surface area contributed by atoms with Gasteiger partial charge in [-0.25, -0.2) is 4.79 Å².